The molecule has 10 amide bonds. The number of aliphatic imine (C=N–C) groups is 1. The number of phenolic OH excluding ortho intramolecular Hbond substituents is 1. The quantitative estimate of drug-likeness (QED) is 0.0118. The van der Waals surface area contributed by atoms with Crippen LogP contribution in [0.5, 0.6) is 5.75 Å². The summed E-state index contributed by atoms with van der Waals surface area (Å²) in [5.41, 5.74) is 18.0. The molecule has 4 aliphatic carbocycles. The minimum Gasteiger partial charge on any atom is -0.508 e. The number of likely N-dealkylation sites (tertiary alicyclic amines) is 1. The number of carbonyl (C=O) groups is 11. The van der Waals surface area contributed by atoms with E-state index in [2.05, 4.69) is 118 Å². The number of benzene rings is 3. The summed E-state index contributed by atoms with van der Waals surface area (Å²) in [4.78, 5) is 170. The number of ketones is 1. The van der Waals surface area contributed by atoms with Crippen LogP contribution >= 0.6 is 0 Å². The number of allylic oxidation sites excluding steroid dienone is 4. The smallest absolute Gasteiger partial charge is 0.245 e. The summed E-state index contributed by atoms with van der Waals surface area (Å²) in [5, 5.41) is 67.0. The number of guanidine groups is 1. The minimum absolute atomic E-state index is 0.0423. The Labute approximate surface area is 711 Å². The Kier molecular flexibility index (Phi) is 32.0. The number of nitrogens with one attached hydrogen (secondary N) is 11. The number of hydrogen-bond donors (Lipinski definition) is 17. The van der Waals surface area contributed by atoms with Gasteiger partial charge in [-0.3, -0.25) is 57.7 Å². The van der Waals surface area contributed by atoms with Crippen molar-refractivity contribution < 1.29 is 77.9 Å². The van der Waals surface area contributed by atoms with Gasteiger partial charge in [0.15, 0.2) is 11.7 Å². The lowest BCUT2D eigenvalue weighted by Crippen LogP contribution is -2.62. The summed E-state index contributed by atoms with van der Waals surface area (Å²) in [6.45, 7) is 12.0. The van der Waals surface area contributed by atoms with Crippen LogP contribution in [0.1, 0.15) is 167 Å². The second kappa shape index (κ2) is 42.0. The zero-order valence-corrected chi connectivity index (χ0v) is 71.3. The molecule has 0 bridgehead atoms. The third-order valence-electron chi connectivity index (χ3n) is 24.1. The predicted octanol–water partition coefficient (Wildman–Crippen LogP) is 3.26. The average molecular weight is 1690 g/mol. The Hall–Kier alpha value is -11.3. The number of rotatable bonds is 36. The molecule has 6 aliphatic rings. The molecule has 4 fully saturated rings. The number of aliphatic hydroxyl groups excluding tert-OH is 2. The normalized spacial score (nSPS) is 22.2. The average Bonchev–Trinajstić information content (AvgIpc) is 1.60. The summed E-state index contributed by atoms with van der Waals surface area (Å²) < 4.78 is 6.04. The van der Waals surface area contributed by atoms with Crippen molar-refractivity contribution in [3.63, 3.8) is 0 Å². The van der Waals surface area contributed by atoms with Gasteiger partial charge in [0.2, 0.25) is 59.1 Å². The van der Waals surface area contributed by atoms with Crippen molar-refractivity contribution >= 4 is 87.4 Å². The fourth-order valence-corrected chi connectivity index (χ4v) is 17.8. The fourth-order valence-electron chi connectivity index (χ4n) is 17.8. The van der Waals surface area contributed by atoms with Gasteiger partial charge in [-0.25, -0.2) is 4.98 Å². The summed E-state index contributed by atoms with van der Waals surface area (Å²) >= 11 is 0. The van der Waals surface area contributed by atoms with Crippen LogP contribution in [0, 0.1) is 23.2 Å². The molecule has 2 saturated carbocycles. The number of nitrogens with two attached hydrogens (primary N) is 2. The third kappa shape index (κ3) is 23.9. The first-order chi connectivity index (χ1) is 58.1. The van der Waals surface area contributed by atoms with Crippen molar-refractivity contribution in [3.05, 3.63) is 149 Å². The molecular weight excluding hydrogens is 1560 g/mol. The number of phenols is 1. The first-order valence-corrected chi connectivity index (χ1v) is 42.4. The van der Waals surface area contributed by atoms with Crippen LogP contribution in [0.2, 0.25) is 0 Å². The van der Waals surface area contributed by atoms with Crippen molar-refractivity contribution in [2.75, 3.05) is 58.5 Å². The molecule has 0 radical (unpaired) electrons. The number of aromatic amines is 2. The van der Waals surface area contributed by atoms with Gasteiger partial charge >= 0.3 is 0 Å². The first-order valence-electron chi connectivity index (χ1n) is 42.4. The van der Waals surface area contributed by atoms with E-state index in [1.807, 2.05) is 26.0 Å². The topological polar surface area (TPSA) is 502 Å². The lowest BCUT2D eigenvalue weighted by atomic mass is 9.51. The Morgan fingerprint density at radius 3 is 2.03 bits per heavy atom. The van der Waals surface area contributed by atoms with E-state index < -0.39 is 126 Å². The van der Waals surface area contributed by atoms with Gasteiger partial charge < -0.3 is 104 Å². The zero-order valence-electron chi connectivity index (χ0n) is 71.3. The Morgan fingerprint density at radius 2 is 1.39 bits per heavy atom. The molecule has 33 heteroatoms. The lowest BCUT2D eigenvalue weighted by Gasteiger charge is -2.54. The number of anilines is 1. The Morgan fingerprint density at radius 1 is 0.746 bits per heavy atom. The molecule has 14 atom stereocenters. The van der Waals surface area contributed by atoms with Gasteiger partial charge in [-0.2, -0.15) is 0 Å². The van der Waals surface area contributed by atoms with Gasteiger partial charge in [0.05, 0.1) is 37.4 Å². The maximum atomic E-state index is 14.8. The number of carbonyl (C=O) groups excluding carboxylic acids is 11. The van der Waals surface area contributed by atoms with Crippen molar-refractivity contribution in [1.82, 2.24) is 67.7 Å². The lowest BCUT2D eigenvalue weighted by molar-refractivity contribution is -0.142. The highest BCUT2D eigenvalue weighted by Gasteiger charge is 2.62. The number of aliphatic hydroxyl groups is 3. The molecule has 4 heterocycles. The predicted molar refractivity (Wildman–Crippen MR) is 459 cm³/mol. The molecule has 11 rings (SSSR count). The van der Waals surface area contributed by atoms with Crippen LogP contribution < -0.4 is 64.2 Å². The highest BCUT2D eigenvalue weighted by atomic mass is 16.5. The number of imidazole rings is 1. The van der Waals surface area contributed by atoms with Crippen LogP contribution in [0.4, 0.5) is 5.69 Å². The molecule has 0 unspecified atom stereocenters. The van der Waals surface area contributed by atoms with Gasteiger partial charge in [-0.15, -0.1) is 0 Å². The van der Waals surface area contributed by atoms with E-state index in [0.29, 0.717) is 65.4 Å². The van der Waals surface area contributed by atoms with E-state index >= 15 is 0 Å². The summed E-state index contributed by atoms with van der Waals surface area (Å²) in [7, 11) is 4.12. The van der Waals surface area contributed by atoms with Crippen LogP contribution in [-0.2, 0) is 76.7 Å². The van der Waals surface area contributed by atoms with Gasteiger partial charge in [0.25, 0.3) is 0 Å². The molecule has 3 aromatic carbocycles. The number of hydrogen-bond acceptors (Lipinski definition) is 19. The molecule has 2 saturated heterocycles. The number of aromatic hydroxyl groups is 1. The number of nitrogens with zero attached hydrogens (tertiary/aromatic N) is 4. The second-order valence-corrected chi connectivity index (χ2v) is 34.6. The van der Waals surface area contributed by atoms with E-state index in [0.717, 1.165) is 38.5 Å². The molecule has 2 aliphatic heterocycles. The largest absolute Gasteiger partial charge is 0.508 e. The number of amides is 10. The highest BCUT2D eigenvalue weighted by molar-refractivity contribution is 6.00. The molecule has 122 heavy (non-hydrogen) atoms. The Bertz CT molecular complexity index is 4660. The summed E-state index contributed by atoms with van der Waals surface area (Å²) in [6, 6.07) is 9.94. The van der Waals surface area contributed by atoms with Crippen LogP contribution in [0.15, 0.2) is 131 Å². The van der Waals surface area contributed by atoms with Gasteiger partial charge in [0, 0.05) is 112 Å². The number of aromatic nitrogens is 3. The van der Waals surface area contributed by atoms with E-state index in [-0.39, 0.29) is 118 Å². The molecule has 660 valence electrons. The first kappa shape index (κ1) is 93.0. The molecule has 2 aromatic heterocycles. The number of ether oxygens (including phenoxy) is 1. The highest BCUT2D eigenvalue weighted by Crippen LogP contribution is 2.67. The van der Waals surface area contributed by atoms with E-state index in [1.165, 1.54) is 64.1 Å². The third-order valence-corrected chi connectivity index (χ3v) is 24.1. The van der Waals surface area contributed by atoms with Crippen molar-refractivity contribution in [2.45, 2.75) is 229 Å². The van der Waals surface area contributed by atoms with Crippen molar-refractivity contribution in [1.29, 1.82) is 0 Å². The van der Waals surface area contributed by atoms with Gasteiger partial charge in [-0.1, -0.05) is 81.0 Å². The second-order valence-electron chi connectivity index (χ2n) is 34.6. The van der Waals surface area contributed by atoms with E-state index in [1.54, 1.807) is 69.8 Å². The molecular formula is C89H123N17O16. The maximum absolute atomic E-state index is 14.8. The minimum atomic E-state index is -1.78. The monoisotopic (exact) mass is 1690 g/mol. The van der Waals surface area contributed by atoms with E-state index in [9.17, 15) is 73.2 Å². The zero-order chi connectivity index (χ0) is 88.3. The maximum Gasteiger partial charge on any atom is 0.245 e. The van der Waals surface area contributed by atoms with Gasteiger partial charge in [0.1, 0.15) is 60.1 Å². The number of fused-ring (bicyclic) bond motifs is 5. The standard InChI is InChI=1S/C60H86N16O13.C29H37NO3/c1-7-64-57(87)48-15-11-23-76(48)58(88)41(14-10-22-65-59(61)62)69-51(81)42(24-33(2)3)70-56(86)47(31-89-60(4,5)6)75-52(82)43(25-34-16-18-37(78)19-17-34)71-55(85)46(30-77)74-53(83)44(26-35-28-66-39-13-9-8-12-38(35)39)72-54(84)45(27-36-29-63-32-67-36)73-50(80)40-20-21-49(79)68-40;1-28-18-25(19-5-8-21(9-6-19)30(2)3)27-23-12-10-22(32)17-20(23)7-11-24(27)26(28)13-15-29(28,33)14-4-16-31/h8-9,12-13,16-19,28-29,32-33,40-48,66,77-78H,7,10-11,14-15,20-27,30-31H2,1-6H3,(H,63,67)(H,64,87)(H,68,79)(H,69,81)(H,70,86)(H,71,85)(H,72,84)(H,73,80)(H,74,83)(H,75,82)(H4,61,62,65);4-6,8-9,14,17,24-26,31,33H,7,10-13,15-16,18H2,1-3H3/b;14-4-/t40-,41-,42-,43-,44-,45-,46-,47+,48-;24-,25+,26-,28-,29-/m00/s1. The SMILES string of the molecule is CCNC(=O)[C@@H]1CCCN1C(=O)[C@H](CCCN=C(N)N)NC(=O)[C@H](CC(C)C)NC(=O)[C@@H](COC(C)(C)C)NC(=O)[C@H](Cc1ccc(O)cc1)NC(=O)[C@H](CO)NC(=O)[C@H](Cc1c[nH]c2ccccc12)NC(=O)[C@H](Cc1cnc[nH]1)NC(=O)[C@@H]1CCC(=O)N1.CN(C)c1ccc([C@H]2C[C@@]3(C)[C@@H](CC[C@@]3(O)/C=C\CO)[C@@H]3CCC4=CC(=O)CCC4=C32)cc1. The van der Waals surface area contributed by atoms with Crippen LogP contribution in [0.3, 0.4) is 0 Å². The Balaban J connectivity index is 0.000000389. The fraction of sp³-hybridized carbons (Fsp3) is 0.539. The molecule has 5 aromatic rings. The van der Waals surface area contributed by atoms with Crippen molar-refractivity contribution in [2.24, 2.45) is 39.6 Å². The number of likely N-dealkylation sites (N-methyl/N-ethyl adjacent to an activating group) is 1. The molecule has 0 spiro atoms. The van der Waals surface area contributed by atoms with Gasteiger partial charge in [-0.05, 0) is 187 Å². The van der Waals surface area contributed by atoms with Crippen LogP contribution in [0.25, 0.3) is 10.9 Å². The van der Waals surface area contributed by atoms with E-state index in [4.69, 9.17) is 16.2 Å². The molecule has 19 N–H and O–H groups in total. The van der Waals surface area contributed by atoms with Crippen LogP contribution in [-0.4, -0.2) is 230 Å². The molecule has 33 nitrogen and oxygen atoms in total. The number of H-pyrrole nitrogens is 2. The summed E-state index contributed by atoms with van der Waals surface area (Å²) in [6.07, 6.45) is 17.2. The number of para-hydroxylation sites is 1. The van der Waals surface area contributed by atoms with Crippen molar-refractivity contribution in [3.8, 4) is 5.75 Å². The summed E-state index contributed by atoms with van der Waals surface area (Å²) in [5.74, 6) is -6.35.